The van der Waals surface area contributed by atoms with Gasteiger partial charge in [0.05, 0.1) is 23.5 Å². The number of amides is 3. The second kappa shape index (κ2) is 12.4. The molecule has 10 nitrogen and oxygen atoms in total. The van der Waals surface area contributed by atoms with Crippen molar-refractivity contribution in [3.63, 3.8) is 0 Å². The van der Waals surface area contributed by atoms with E-state index in [0.29, 0.717) is 17.2 Å². The number of carbonyl (C=O) groups excluding carboxylic acids is 2. The number of pyridine rings is 1. The first-order chi connectivity index (χ1) is 17.7. The van der Waals surface area contributed by atoms with Crippen molar-refractivity contribution in [3.05, 3.63) is 72.1 Å². The molecule has 0 atom stereocenters. The average molecular weight is 519 g/mol. The summed E-state index contributed by atoms with van der Waals surface area (Å²) in [5.74, 6) is 0.420. The van der Waals surface area contributed by atoms with Gasteiger partial charge in [-0.05, 0) is 36.4 Å². The molecule has 1 heterocycles. The maximum Gasteiger partial charge on any atom is 0.416 e. The Labute approximate surface area is 210 Å². The van der Waals surface area contributed by atoms with Crippen molar-refractivity contribution in [3.8, 4) is 17.2 Å². The zero-order valence-corrected chi connectivity index (χ0v) is 19.8. The van der Waals surface area contributed by atoms with Crippen LogP contribution in [-0.2, 0) is 10.9 Å². The SMILES string of the molecule is CNC(=O)c1cc(Oc2cccc(NNC(=O)Nc3cc(C(F)(F)F)ccc3OCCOC)c2)ccn1. The van der Waals surface area contributed by atoms with E-state index in [-0.39, 0.29) is 36.3 Å². The molecule has 2 aromatic carbocycles. The molecule has 3 rings (SSSR count). The van der Waals surface area contributed by atoms with Gasteiger partial charge >= 0.3 is 12.2 Å². The summed E-state index contributed by atoms with van der Waals surface area (Å²) in [6.07, 6.45) is -3.18. The molecule has 13 heteroatoms. The van der Waals surface area contributed by atoms with E-state index in [1.807, 2.05) is 0 Å². The lowest BCUT2D eigenvalue weighted by Crippen LogP contribution is -2.33. The van der Waals surface area contributed by atoms with Gasteiger partial charge < -0.3 is 24.8 Å². The zero-order valence-electron chi connectivity index (χ0n) is 19.8. The molecule has 0 saturated carbocycles. The number of hydrogen-bond acceptors (Lipinski definition) is 7. The summed E-state index contributed by atoms with van der Waals surface area (Å²) in [5.41, 5.74) is 4.45. The number of carbonyl (C=O) groups is 2. The maximum atomic E-state index is 13.2. The molecule has 0 fully saturated rings. The number of hydrazine groups is 1. The first-order valence-electron chi connectivity index (χ1n) is 10.8. The minimum absolute atomic E-state index is 0.0454. The van der Waals surface area contributed by atoms with Gasteiger partial charge in [-0.15, -0.1) is 0 Å². The van der Waals surface area contributed by atoms with E-state index in [0.717, 1.165) is 18.2 Å². The smallest absolute Gasteiger partial charge is 0.416 e. The van der Waals surface area contributed by atoms with Crippen LogP contribution in [0.3, 0.4) is 0 Å². The molecule has 0 unspecified atom stereocenters. The highest BCUT2D eigenvalue weighted by Gasteiger charge is 2.31. The van der Waals surface area contributed by atoms with Gasteiger partial charge in [0.15, 0.2) is 0 Å². The lowest BCUT2D eigenvalue weighted by Gasteiger charge is -2.16. The van der Waals surface area contributed by atoms with Crippen LogP contribution in [-0.4, -0.2) is 44.3 Å². The summed E-state index contributed by atoms with van der Waals surface area (Å²) in [4.78, 5) is 28.1. The van der Waals surface area contributed by atoms with Crippen LogP contribution in [0.1, 0.15) is 16.1 Å². The monoisotopic (exact) mass is 519 g/mol. The summed E-state index contributed by atoms with van der Waals surface area (Å²) >= 11 is 0. The van der Waals surface area contributed by atoms with Gasteiger partial charge in [-0.3, -0.25) is 20.6 Å². The minimum atomic E-state index is -4.60. The number of urea groups is 1. The second-order valence-corrected chi connectivity index (χ2v) is 7.34. The van der Waals surface area contributed by atoms with E-state index in [2.05, 4.69) is 26.5 Å². The van der Waals surface area contributed by atoms with Gasteiger partial charge in [-0.25, -0.2) is 4.79 Å². The van der Waals surface area contributed by atoms with Gasteiger partial charge in [-0.2, -0.15) is 13.2 Å². The lowest BCUT2D eigenvalue weighted by molar-refractivity contribution is -0.137. The predicted octanol–water partition coefficient (Wildman–Crippen LogP) is 4.43. The number of nitrogens with one attached hydrogen (secondary N) is 4. The van der Waals surface area contributed by atoms with Crippen molar-refractivity contribution in [1.29, 1.82) is 0 Å². The van der Waals surface area contributed by atoms with Crippen molar-refractivity contribution in [2.75, 3.05) is 38.1 Å². The molecule has 0 aliphatic heterocycles. The Bertz CT molecular complexity index is 1240. The third-order valence-electron chi connectivity index (χ3n) is 4.68. The van der Waals surface area contributed by atoms with E-state index in [9.17, 15) is 22.8 Å². The number of benzene rings is 2. The molecule has 0 spiro atoms. The van der Waals surface area contributed by atoms with Crippen molar-refractivity contribution >= 4 is 23.3 Å². The molecular weight excluding hydrogens is 495 g/mol. The molecule has 0 aliphatic carbocycles. The average Bonchev–Trinajstić information content (AvgIpc) is 2.87. The Hall–Kier alpha value is -4.52. The van der Waals surface area contributed by atoms with Crippen LogP contribution >= 0.6 is 0 Å². The van der Waals surface area contributed by atoms with Gasteiger partial charge in [0.25, 0.3) is 5.91 Å². The molecule has 4 N–H and O–H groups in total. The normalized spacial score (nSPS) is 10.8. The van der Waals surface area contributed by atoms with E-state index < -0.39 is 17.8 Å². The first-order valence-corrected chi connectivity index (χ1v) is 10.8. The van der Waals surface area contributed by atoms with Crippen molar-refractivity contribution in [2.45, 2.75) is 6.18 Å². The summed E-state index contributed by atoms with van der Waals surface area (Å²) in [7, 11) is 2.94. The van der Waals surface area contributed by atoms with Crippen molar-refractivity contribution < 1.29 is 37.0 Å². The molecule has 3 aromatic rings. The predicted molar refractivity (Wildman–Crippen MR) is 129 cm³/mol. The standard InChI is InChI=1S/C24H24F3N5O5/c1-28-22(33)20-14-18(8-9-29-20)37-17-5-3-4-16(13-17)31-32-23(34)30-19-12-15(24(25,26)27)6-7-21(19)36-11-10-35-2/h3-9,12-14,31H,10-11H2,1-2H3,(H,28,33)(H2,30,32,34). The summed E-state index contributed by atoms with van der Waals surface area (Å²) < 4.78 is 55.5. The highest BCUT2D eigenvalue weighted by Crippen LogP contribution is 2.35. The Kier molecular flexibility index (Phi) is 9.11. The Morgan fingerprint density at radius 2 is 1.78 bits per heavy atom. The summed E-state index contributed by atoms with van der Waals surface area (Å²) in [6, 6.07) is 11.4. The number of halogens is 3. The summed E-state index contributed by atoms with van der Waals surface area (Å²) in [6.45, 7) is 0.282. The topological polar surface area (TPSA) is 123 Å². The second-order valence-electron chi connectivity index (χ2n) is 7.34. The Morgan fingerprint density at radius 3 is 2.51 bits per heavy atom. The molecular formula is C24H24F3N5O5. The molecule has 3 amide bonds. The number of methoxy groups -OCH3 is 1. The van der Waals surface area contributed by atoms with Crippen LogP contribution < -0.4 is 31.0 Å². The molecule has 37 heavy (non-hydrogen) atoms. The Balaban J connectivity index is 1.65. The van der Waals surface area contributed by atoms with Crippen LogP contribution in [0.5, 0.6) is 17.2 Å². The van der Waals surface area contributed by atoms with Crippen molar-refractivity contribution in [1.82, 2.24) is 15.7 Å². The highest BCUT2D eigenvalue weighted by molar-refractivity contribution is 5.92. The Morgan fingerprint density at radius 1 is 1.00 bits per heavy atom. The zero-order chi connectivity index (χ0) is 26.8. The number of hydrogen-bond donors (Lipinski definition) is 4. The lowest BCUT2D eigenvalue weighted by atomic mass is 10.2. The van der Waals surface area contributed by atoms with Gasteiger partial charge in [0.2, 0.25) is 0 Å². The number of nitrogens with zero attached hydrogens (tertiary/aromatic N) is 1. The van der Waals surface area contributed by atoms with Gasteiger partial charge in [0.1, 0.15) is 29.5 Å². The molecule has 0 bridgehead atoms. The molecule has 0 radical (unpaired) electrons. The van der Waals surface area contributed by atoms with Gasteiger partial charge in [0, 0.05) is 32.5 Å². The van der Waals surface area contributed by atoms with Crippen LogP contribution in [0, 0.1) is 0 Å². The van der Waals surface area contributed by atoms with Crippen LogP contribution in [0.2, 0.25) is 0 Å². The molecule has 1 aromatic heterocycles. The fourth-order valence-corrected chi connectivity index (χ4v) is 2.95. The molecule has 0 saturated heterocycles. The maximum absolute atomic E-state index is 13.2. The third-order valence-corrected chi connectivity index (χ3v) is 4.68. The van der Waals surface area contributed by atoms with Crippen LogP contribution in [0.25, 0.3) is 0 Å². The van der Waals surface area contributed by atoms with E-state index in [1.165, 1.54) is 26.4 Å². The third kappa shape index (κ3) is 8.00. The number of rotatable bonds is 10. The largest absolute Gasteiger partial charge is 0.489 e. The number of ether oxygens (including phenoxy) is 3. The van der Waals surface area contributed by atoms with Crippen LogP contribution in [0.15, 0.2) is 60.8 Å². The molecule has 0 aliphatic rings. The van der Waals surface area contributed by atoms with E-state index >= 15 is 0 Å². The fourth-order valence-electron chi connectivity index (χ4n) is 2.95. The summed E-state index contributed by atoms with van der Waals surface area (Å²) in [5, 5.41) is 4.81. The van der Waals surface area contributed by atoms with E-state index in [4.69, 9.17) is 14.2 Å². The minimum Gasteiger partial charge on any atom is -0.489 e. The highest BCUT2D eigenvalue weighted by atomic mass is 19.4. The number of anilines is 2. The van der Waals surface area contributed by atoms with Gasteiger partial charge in [-0.1, -0.05) is 6.07 Å². The van der Waals surface area contributed by atoms with Crippen LogP contribution in [0.4, 0.5) is 29.3 Å². The van der Waals surface area contributed by atoms with E-state index in [1.54, 1.807) is 30.3 Å². The molecule has 196 valence electrons. The number of alkyl halides is 3. The fraction of sp³-hybridized carbons (Fsp3) is 0.208. The quantitative estimate of drug-likeness (QED) is 0.231. The number of aromatic nitrogens is 1. The first kappa shape index (κ1) is 27.1. The van der Waals surface area contributed by atoms with Crippen molar-refractivity contribution in [2.24, 2.45) is 0 Å².